The number of likely N-dealkylation sites (N-methyl/N-ethyl adjacent to an activating group) is 1. The summed E-state index contributed by atoms with van der Waals surface area (Å²) < 4.78 is 0. The van der Waals surface area contributed by atoms with Gasteiger partial charge in [0.05, 0.1) is 10.5 Å². The van der Waals surface area contributed by atoms with Gasteiger partial charge in [-0.05, 0) is 19.5 Å². The van der Waals surface area contributed by atoms with Gasteiger partial charge in [0.25, 0.3) is 0 Å². The third kappa shape index (κ3) is 4.48. The Morgan fingerprint density at radius 1 is 1.50 bits per heavy atom. The van der Waals surface area contributed by atoms with Crippen molar-refractivity contribution in [3.8, 4) is 6.07 Å². The van der Waals surface area contributed by atoms with Gasteiger partial charge in [0.1, 0.15) is 6.07 Å². The molecule has 0 radical (unpaired) electrons. The van der Waals surface area contributed by atoms with Crippen LogP contribution in [0.5, 0.6) is 0 Å². The van der Waals surface area contributed by atoms with Gasteiger partial charge in [-0.25, -0.2) is 4.98 Å². The van der Waals surface area contributed by atoms with Crippen LogP contribution in [-0.4, -0.2) is 41.0 Å². The summed E-state index contributed by atoms with van der Waals surface area (Å²) in [5, 5.41) is 22.7. The first-order valence-corrected chi connectivity index (χ1v) is 6.63. The van der Waals surface area contributed by atoms with Gasteiger partial charge in [-0.3, -0.25) is 10.1 Å². The zero-order valence-corrected chi connectivity index (χ0v) is 11.8. The van der Waals surface area contributed by atoms with Crippen molar-refractivity contribution in [2.75, 3.05) is 31.5 Å². The monoisotopic (exact) mass is 277 g/mol. The molecule has 0 saturated carbocycles. The van der Waals surface area contributed by atoms with Crippen LogP contribution >= 0.6 is 0 Å². The summed E-state index contributed by atoms with van der Waals surface area (Å²) in [5.74, 6) is 0.210. The topological polar surface area (TPSA) is 95.1 Å². The summed E-state index contributed by atoms with van der Waals surface area (Å²) in [7, 11) is 0. The molecule has 0 atom stereocenters. The lowest BCUT2D eigenvalue weighted by Gasteiger charge is -2.19. The molecule has 20 heavy (non-hydrogen) atoms. The molecule has 0 saturated heterocycles. The van der Waals surface area contributed by atoms with Crippen LogP contribution in [0.15, 0.2) is 12.3 Å². The first-order chi connectivity index (χ1) is 9.62. The van der Waals surface area contributed by atoms with Crippen LogP contribution in [-0.2, 0) is 0 Å². The van der Waals surface area contributed by atoms with Crippen molar-refractivity contribution in [2.45, 2.75) is 20.3 Å². The van der Waals surface area contributed by atoms with Crippen LogP contribution in [0.1, 0.15) is 25.8 Å². The van der Waals surface area contributed by atoms with E-state index in [1.165, 1.54) is 12.3 Å². The minimum atomic E-state index is -0.528. The summed E-state index contributed by atoms with van der Waals surface area (Å²) in [5.41, 5.74) is 0.0195. The maximum absolute atomic E-state index is 11.0. The molecule has 1 N–H and O–H groups in total. The molecule has 1 aromatic heterocycles. The summed E-state index contributed by atoms with van der Waals surface area (Å²) in [6.45, 7) is 7.51. The van der Waals surface area contributed by atoms with E-state index in [0.717, 1.165) is 26.1 Å². The van der Waals surface area contributed by atoms with Crippen molar-refractivity contribution >= 4 is 11.5 Å². The van der Waals surface area contributed by atoms with Gasteiger partial charge < -0.3 is 10.2 Å². The Hall–Kier alpha value is -2.20. The Morgan fingerprint density at radius 2 is 2.25 bits per heavy atom. The molecule has 0 aliphatic rings. The van der Waals surface area contributed by atoms with E-state index < -0.39 is 4.92 Å². The molecule has 0 fully saturated rings. The quantitative estimate of drug-likeness (QED) is 0.577. The van der Waals surface area contributed by atoms with Gasteiger partial charge in [0.15, 0.2) is 0 Å². The first-order valence-electron chi connectivity index (χ1n) is 6.63. The Kier molecular flexibility index (Phi) is 6.40. The SMILES string of the molecule is CCCN(CC)CCNc1ncc(C#N)cc1[N+](=O)[O-]. The van der Waals surface area contributed by atoms with Crippen molar-refractivity contribution < 1.29 is 4.92 Å². The molecule has 1 heterocycles. The second-order valence-corrected chi connectivity index (χ2v) is 4.32. The molecule has 0 unspecified atom stereocenters. The lowest BCUT2D eigenvalue weighted by molar-refractivity contribution is -0.384. The van der Waals surface area contributed by atoms with Crippen molar-refractivity contribution in [2.24, 2.45) is 0 Å². The number of anilines is 1. The number of hydrogen-bond acceptors (Lipinski definition) is 6. The van der Waals surface area contributed by atoms with Gasteiger partial charge in [-0.1, -0.05) is 13.8 Å². The molecule has 0 aliphatic carbocycles. The molecule has 108 valence electrons. The highest BCUT2D eigenvalue weighted by Gasteiger charge is 2.16. The molecular formula is C13H19N5O2. The van der Waals surface area contributed by atoms with E-state index in [9.17, 15) is 10.1 Å². The molecule has 0 aromatic carbocycles. The number of rotatable bonds is 8. The second-order valence-electron chi connectivity index (χ2n) is 4.32. The minimum absolute atomic E-state index is 0.164. The predicted octanol–water partition coefficient (Wildman–Crippen LogP) is 2.01. The average molecular weight is 277 g/mol. The van der Waals surface area contributed by atoms with E-state index in [2.05, 4.69) is 29.0 Å². The third-order valence-electron chi connectivity index (χ3n) is 2.90. The van der Waals surface area contributed by atoms with Crippen LogP contribution in [0.2, 0.25) is 0 Å². The van der Waals surface area contributed by atoms with E-state index in [1.807, 2.05) is 6.07 Å². The van der Waals surface area contributed by atoms with Crippen LogP contribution in [0, 0.1) is 21.4 Å². The van der Waals surface area contributed by atoms with Gasteiger partial charge in [-0.15, -0.1) is 0 Å². The highest BCUT2D eigenvalue weighted by Crippen LogP contribution is 2.22. The van der Waals surface area contributed by atoms with Crippen molar-refractivity contribution in [3.63, 3.8) is 0 Å². The molecule has 1 rings (SSSR count). The van der Waals surface area contributed by atoms with Crippen LogP contribution < -0.4 is 5.32 Å². The van der Waals surface area contributed by atoms with Gasteiger partial charge >= 0.3 is 5.69 Å². The Bertz CT molecular complexity index is 498. The molecule has 1 aromatic rings. The minimum Gasteiger partial charge on any atom is -0.363 e. The molecule has 7 nitrogen and oxygen atoms in total. The molecule has 0 spiro atoms. The van der Waals surface area contributed by atoms with Crippen LogP contribution in [0.25, 0.3) is 0 Å². The standard InChI is InChI=1S/C13H19N5O2/c1-3-6-17(4-2)7-5-15-13-12(18(19)20)8-11(9-14)10-16-13/h8,10H,3-7H2,1-2H3,(H,15,16). The summed E-state index contributed by atoms with van der Waals surface area (Å²) in [4.78, 5) is 16.6. The van der Waals surface area contributed by atoms with Gasteiger partial charge in [0, 0.05) is 25.4 Å². The largest absolute Gasteiger partial charge is 0.363 e. The number of nitriles is 1. The molecular weight excluding hydrogens is 258 g/mol. The molecule has 0 amide bonds. The Morgan fingerprint density at radius 3 is 2.80 bits per heavy atom. The van der Waals surface area contributed by atoms with Crippen molar-refractivity contribution in [1.29, 1.82) is 5.26 Å². The van der Waals surface area contributed by atoms with Gasteiger partial charge in [0.2, 0.25) is 5.82 Å². The zero-order chi connectivity index (χ0) is 15.0. The third-order valence-corrected chi connectivity index (χ3v) is 2.90. The summed E-state index contributed by atoms with van der Waals surface area (Å²) >= 11 is 0. The smallest absolute Gasteiger partial charge is 0.312 e. The number of hydrogen-bond donors (Lipinski definition) is 1. The normalized spacial score (nSPS) is 10.3. The fraction of sp³-hybridized carbons (Fsp3) is 0.538. The van der Waals surface area contributed by atoms with Crippen molar-refractivity contribution in [1.82, 2.24) is 9.88 Å². The number of nitrogens with zero attached hydrogens (tertiary/aromatic N) is 4. The predicted molar refractivity (Wildman–Crippen MR) is 76.5 cm³/mol. The van der Waals surface area contributed by atoms with E-state index in [4.69, 9.17) is 5.26 Å². The number of pyridine rings is 1. The van der Waals surface area contributed by atoms with Crippen molar-refractivity contribution in [3.05, 3.63) is 27.9 Å². The van der Waals surface area contributed by atoms with Crippen LogP contribution in [0.4, 0.5) is 11.5 Å². The maximum Gasteiger partial charge on any atom is 0.312 e. The lowest BCUT2D eigenvalue weighted by atomic mass is 10.2. The molecule has 7 heteroatoms. The fourth-order valence-corrected chi connectivity index (χ4v) is 1.87. The maximum atomic E-state index is 11.0. The lowest BCUT2D eigenvalue weighted by Crippen LogP contribution is -2.29. The summed E-state index contributed by atoms with van der Waals surface area (Å²) in [6, 6.07) is 3.08. The second kappa shape index (κ2) is 8.07. The number of nitro groups is 1. The molecule has 0 aliphatic heterocycles. The Balaban J connectivity index is 2.68. The fourth-order valence-electron chi connectivity index (χ4n) is 1.87. The number of aromatic nitrogens is 1. The van der Waals surface area contributed by atoms with E-state index in [1.54, 1.807) is 0 Å². The zero-order valence-electron chi connectivity index (χ0n) is 11.8. The first kappa shape index (κ1) is 15.9. The highest BCUT2D eigenvalue weighted by molar-refractivity contribution is 5.58. The Labute approximate surface area is 118 Å². The number of nitrogens with one attached hydrogen (secondary N) is 1. The molecule has 0 bridgehead atoms. The highest BCUT2D eigenvalue weighted by atomic mass is 16.6. The van der Waals surface area contributed by atoms with Crippen LogP contribution in [0.3, 0.4) is 0 Å². The van der Waals surface area contributed by atoms with E-state index in [0.29, 0.717) is 6.54 Å². The van der Waals surface area contributed by atoms with Gasteiger partial charge in [-0.2, -0.15) is 5.26 Å². The van der Waals surface area contributed by atoms with E-state index in [-0.39, 0.29) is 17.1 Å². The van der Waals surface area contributed by atoms with E-state index >= 15 is 0 Å². The average Bonchev–Trinajstić information content (AvgIpc) is 2.46. The summed E-state index contributed by atoms with van der Waals surface area (Å²) in [6.07, 6.45) is 2.40.